The summed E-state index contributed by atoms with van der Waals surface area (Å²) in [6.45, 7) is 0. The zero-order chi connectivity index (χ0) is 13.2. The van der Waals surface area contributed by atoms with Gasteiger partial charge in [-0.3, -0.25) is 4.79 Å². The van der Waals surface area contributed by atoms with E-state index in [9.17, 15) is 13.2 Å². The quantitative estimate of drug-likeness (QED) is 0.786. The molecule has 0 bridgehead atoms. The van der Waals surface area contributed by atoms with E-state index in [0.717, 1.165) is 0 Å². The van der Waals surface area contributed by atoms with Gasteiger partial charge in [-0.2, -0.15) is 0 Å². The van der Waals surface area contributed by atoms with Gasteiger partial charge in [-0.1, -0.05) is 18.2 Å². The van der Waals surface area contributed by atoms with Gasteiger partial charge in [-0.05, 0) is 22.4 Å². The van der Waals surface area contributed by atoms with Crippen molar-refractivity contribution in [2.75, 3.05) is 5.73 Å². The number of benzene rings is 1. The van der Waals surface area contributed by atoms with Gasteiger partial charge in [0.1, 0.15) is 0 Å². The van der Waals surface area contributed by atoms with Crippen molar-refractivity contribution in [3.05, 3.63) is 36.0 Å². The number of rotatable bonds is 3. The van der Waals surface area contributed by atoms with Gasteiger partial charge in [0, 0.05) is 0 Å². The number of carbonyl (C=O) groups excluding carboxylic acids is 1. The predicted molar refractivity (Wildman–Crippen MR) is 59.8 cm³/mol. The van der Waals surface area contributed by atoms with E-state index < -0.39 is 15.9 Å². The molecule has 1 aromatic carbocycles. The van der Waals surface area contributed by atoms with Crippen molar-refractivity contribution >= 4 is 21.7 Å². The molecule has 0 radical (unpaired) electrons. The van der Waals surface area contributed by atoms with Crippen LogP contribution in [-0.4, -0.2) is 24.6 Å². The molecule has 2 aromatic rings. The molecule has 0 aliphatic heterocycles. The summed E-state index contributed by atoms with van der Waals surface area (Å²) in [5.41, 5.74) is 4.90. The lowest BCUT2D eigenvalue weighted by Crippen LogP contribution is -2.31. The first kappa shape index (κ1) is 12.0. The SMILES string of the molecule is Nc1nonc1C(=O)NS(=O)(=O)c1ccccc1. The first-order valence-corrected chi connectivity index (χ1v) is 6.19. The summed E-state index contributed by atoms with van der Waals surface area (Å²) in [6, 6.07) is 7.41. The van der Waals surface area contributed by atoms with Crippen molar-refractivity contribution < 1.29 is 17.8 Å². The fourth-order valence-electron chi connectivity index (χ4n) is 1.18. The second-order valence-electron chi connectivity index (χ2n) is 3.25. The molecule has 2 rings (SSSR count). The molecule has 1 aromatic heterocycles. The Morgan fingerprint density at radius 2 is 1.89 bits per heavy atom. The molecule has 0 saturated carbocycles. The first-order chi connectivity index (χ1) is 8.50. The van der Waals surface area contributed by atoms with E-state index in [-0.39, 0.29) is 16.4 Å². The van der Waals surface area contributed by atoms with Crippen molar-refractivity contribution in [1.29, 1.82) is 0 Å². The van der Waals surface area contributed by atoms with Gasteiger partial charge >= 0.3 is 0 Å². The summed E-state index contributed by atoms with van der Waals surface area (Å²) in [7, 11) is -3.97. The number of aromatic nitrogens is 2. The Morgan fingerprint density at radius 3 is 2.44 bits per heavy atom. The minimum atomic E-state index is -3.97. The molecular formula is C9H8N4O4S. The van der Waals surface area contributed by atoms with Gasteiger partial charge < -0.3 is 5.73 Å². The van der Waals surface area contributed by atoms with Crippen molar-refractivity contribution in [2.45, 2.75) is 4.90 Å². The Kier molecular flexibility index (Phi) is 2.98. The number of nitrogens with two attached hydrogens (primary N) is 1. The van der Waals surface area contributed by atoms with Gasteiger partial charge in [-0.15, -0.1) is 0 Å². The number of anilines is 1. The summed E-state index contributed by atoms with van der Waals surface area (Å²) < 4.78 is 29.6. The minimum absolute atomic E-state index is 0.0478. The number of hydrogen-bond donors (Lipinski definition) is 2. The van der Waals surface area contributed by atoms with Crippen molar-refractivity contribution in [3.8, 4) is 0 Å². The Bertz CT molecular complexity index is 665. The lowest BCUT2D eigenvalue weighted by Gasteiger charge is -2.04. The molecule has 8 nitrogen and oxygen atoms in total. The molecule has 9 heteroatoms. The maximum absolute atomic E-state index is 11.8. The standard InChI is InChI=1S/C9H8N4O4S/c10-8-7(11-17-12-8)9(14)13-18(15,16)6-4-2-1-3-5-6/h1-5H,(H2,10,12)(H,13,14). The normalized spacial score (nSPS) is 11.1. The van der Waals surface area contributed by atoms with E-state index in [0.29, 0.717) is 0 Å². The smallest absolute Gasteiger partial charge is 0.291 e. The average molecular weight is 268 g/mol. The Labute approximate surface area is 102 Å². The van der Waals surface area contributed by atoms with Crippen LogP contribution in [0.3, 0.4) is 0 Å². The van der Waals surface area contributed by atoms with E-state index in [2.05, 4.69) is 14.9 Å². The number of nitrogens with one attached hydrogen (secondary N) is 1. The van der Waals surface area contributed by atoms with Crippen LogP contribution in [0.4, 0.5) is 5.82 Å². The maximum atomic E-state index is 11.8. The summed E-state index contributed by atoms with van der Waals surface area (Å²) >= 11 is 0. The molecule has 0 spiro atoms. The van der Waals surface area contributed by atoms with Crippen molar-refractivity contribution in [2.24, 2.45) is 0 Å². The third-order valence-corrected chi connectivity index (χ3v) is 3.36. The molecule has 18 heavy (non-hydrogen) atoms. The fraction of sp³-hybridized carbons (Fsp3) is 0. The van der Waals surface area contributed by atoms with Crippen LogP contribution >= 0.6 is 0 Å². The van der Waals surface area contributed by atoms with E-state index >= 15 is 0 Å². The number of nitrogens with zero attached hydrogens (tertiary/aromatic N) is 2. The van der Waals surface area contributed by atoms with Gasteiger partial charge in [-0.25, -0.2) is 17.8 Å². The van der Waals surface area contributed by atoms with Gasteiger partial charge in [0.2, 0.25) is 11.5 Å². The molecule has 0 fully saturated rings. The highest BCUT2D eigenvalue weighted by Crippen LogP contribution is 2.09. The van der Waals surface area contributed by atoms with Crippen LogP contribution in [0.5, 0.6) is 0 Å². The van der Waals surface area contributed by atoms with Crippen molar-refractivity contribution in [1.82, 2.24) is 15.0 Å². The number of carbonyl (C=O) groups is 1. The molecule has 0 aliphatic carbocycles. The molecule has 1 amide bonds. The second kappa shape index (κ2) is 4.45. The van der Waals surface area contributed by atoms with Crippen LogP contribution in [-0.2, 0) is 10.0 Å². The lowest BCUT2D eigenvalue weighted by atomic mass is 10.4. The summed E-state index contributed by atoms with van der Waals surface area (Å²) in [5.74, 6) is -1.28. The van der Waals surface area contributed by atoms with E-state index in [1.165, 1.54) is 24.3 Å². The largest absolute Gasteiger partial charge is 0.379 e. The molecule has 0 aliphatic rings. The topological polar surface area (TPSA) is 128 Å². The van der Waals surface area contributed by atoms with Gasteiger partial charge in [0.25, 0.3) is 15.9 Å². The minimum Gasteiger partial charge on any atom is -0.379 e. The molecule has 1 heterocycles. The van der Waals surface area contributed by atoms with Gasteiger partial charge in [0.15, 0.2) is 0 Å². The van der Waals surface area contributed by atoms with E-state index in [1.54, 1.807) is 10.8 Å². The van der Waals surface area contributed by atoms with E-state index in [4.69, 9.17) is 5.73 Å². The third kappa shape index (κ3) is 2.30. The molecule has 0 unspecified atom stereocenters. The summed E-state index contributed by atoms with van der Waals surface area (Å²) in [4.78, 5) is 11.5. The molecular weight excluding hydrogens is 260 g/mol. The molecule has 0 saturated heterocycles. The lowest BCUT2D eigenvalue weighted by molar-refractivity contribution is 0.0972. The summed E-state index contributed by atoms with van der Waals surface area (Å²) in [6.07, 6.45) is 0. The zero-order valence-electron chi connectivity index (χ0n) is 8.90. The predicted octanol–water partition coefficient (Wildman–Crippen LogP) is -0.230. The zero-order valence-corrected chi connectivity index (χ0v) is 9.72. The van der Waals surface area contributed by atoms with Gasteiger partial charge in [0.05, 0.1) is 4.90 Å². The summed E-state index contributed by atoms with van der Waals surface area (Å²) in [5, 5.41) is 6.38. The average Bonchev–Trinajstić information content (AvgIpc) is 2.76. The van der Waals surface area contributed by atoms with E-state index in [1.807, 2.05) is 0 Å². The number of nitrogen functional groups attached to an aromatic ring is 1. The first-order valence-electron chi connectivity index (χ1n) is 4.71. The second-order valence-corrected chi connectivity index (χ2v) is 4.93. The highest BCUT2D eigenvalue weighted by molar-refractivity contribution is 7.90. The maximum Gasteiger partial charge on any atom is 0.291 e. The van der Waals surface area contributed by atoms with Crippen LogP contribution in [0.2, 0.25) is 0 Å². The van der Waals surface area contributed by atoms with Crippen molar-refractivity contribution in [3.63, 3.8) is 0 Å². The van der Waals surface area contributed by atoms with Crippen LogP contribution < -0.4 is 10.5 Å². The molecule has 0 atom stereocenters. The third-order valence-electron chi connectivity index (χ3n) is 2.01. The van der Waals surface area contributed by atoms with Crippen LogP contribution in [0, 0.1) is 0 Å². The molecule has 94 valence electrons. The van der Waals surface area contributed by atoms with Crippen LogP contribution in [0.25, 0.3) is 0 Å². The highest BCUT2D eigenvalue weighted by Gasteiger charge is 2.23. The number of amides is 1. The van der Waals surface area contributed by atoms with Crippen LogP contribution in [0.1, 0.15) is 10.5 Å². The molecule has 3 N–H and O–H groups in total. The Balaban J connectivity index is 2.25. The van der Waals surface area contributed by atoms with Crippen LogP contribution in [0.15, 0.2) is 39.9 Å². The Morgan fingerprint density at radius 1 is 1.22 bits per heavy atom. The monoisotopic (exact) mass is 268 g/mol. The number of hydrogen-bond acceptors (Lipinski definition) is 7. The Hall–Kier alpha value is -2.42. The number of sulfonamides is 1. The highest BCUT2D eigenvalue weighted by atomic mass is 32.2. The fourth-order valence-corrected chi connectivity index (χ4v) is 2.16.